The van der Waals surface area contributed by atoms with E-state index in [2.05, 4.69) is 5.32 Å². The van der Waals surface area contributed by atoms with Crippen LogP contribution in [0.1, 0.15) is 69.8 Å². The Hall–Kier alpha value is -2.40. The molecule has 4 aliphatic rings. The Bertz CT molecular complexity index is 1010. The van der Waals surface area contributed by atoms with Crippen LogP contribution in [0.25, 0.3) is 0 Å². The highest BCUT2D eigenvalue weighted by Gasteiger charge is 2.55. The van der Waals surface area contributed by atoms with Crippen LogP contribution in [0.4, 0.5) is 0 Å². The first-order valence-corrected chi connectivity index (χ1v) is 11.1. The van der Waals surface area contributed by atoms with Crippen molar-refractivity contribution >= 4 is 11.7 Å². The summed E-state index contributed by atoms with van der Waals surface area (Å²) in [6.45, 7) is 3.77. The van der Waals surface area contributed by atoms with Crippen LogP contribution >= 0.6 is 0 Å². The lowest BCUT2D eigenvalue weighted by atomic mass is 9.52. The number of aromatic nitrogens is 1. The van der Waals surface area contributed by atoms with Gasteiger partial charge < -0.3 is 15.0 Å². The van der Waals surface area contributed by atoms with E-state index in [0.29, 0.717) is 34.6 Å². The molecule has 2 N–H and O–H groups in total. The second kappa shape index (κ2) is 6.81. The molecule has 1 heterocycles. The summed E-state index contributed by atoms with van der Waals surface area (Å²) >= 11 is 0. The predicted octanol–water partition coefficient (Wildman–Crippen LogP) is 3.54. The third-order valence-corrected chi connectivity index (χ3v) is 7.95. The van der Waals surface area contributed by atoms with Crippen molar-refractivity contribution in [3.63, 3.8) is 0 Å². The standard InChI is InChI=1S/C25H30N2O3/c1-14-20(23(28)17-7-5-4-6-8-17)15(2)27(3)22(14)24(29)26-21-18-9-16-10-19(21)13-25(30,11-16)12-18/h4-8,16,18-19,21,30H,9-13H2,1-3H3,(H,26,29)/t16?,18?,19?,21-,25-. The fourth-order valence-electron chi connectivity index (χ4n) is 6.80. The van der Waals surface area contributed by atoms with E-state index in [0.717, 1.165) is 43.4 Å². The van der Waals surface area contributed by atoms with Crippen LogP contribution in [0.3, 0.4) is 0 Å². The lowest BCUT2D eigenvalue weighted by Crippen LogP contribution is -2.61. The van der Waals surface area contributed by atoms with Gasteiger partial charge in [0, 0.05) is 29.9 Å². The number of hydrogen-bond acceptors (Lipinski definition) is 3. The molecule has 0 saturated heterocycles. The number of carbonyl (C=O) groups is 2. The molecule has 158 valence electrons. The van der Waals surface area contributed by atoms with E-state index in [1.54, 1.807) is 0 Å². The molecule has 5 nitrogen and oxygen atoms in total. The number of amides is 1. The van der Waals surface area contributed by atoms with Crippen LogP contribution < -0.4 is 5.32 Å². The zero-order valence-corrected chi connectivity index (χ0v) is 17.9. The van der Waals surface area contributed by atoms with Gasteiger partial charge in [-0.1, -0.05) is 30.3 Å². The molecule has 2 unspecified atom stereocenters. The smallest absolute Gasteiger partial charge is 0.268 e. The molecule has 30 heavy (non-hydrogen) atoms. The lowest BCUT2D eigenvalue weighted by molar-refractivity contribution is -0.137. The summed E-state index contributed by atoms with van der Waals surface area (Å²) in [6.07, 6.45) is 4.74. The number of nitrogens with zero attached hydrogens (tertiary/aromatic N) is 1. The number of benzene rings is 1. The van der Waals surface area contributed by atoms with Crippen molar-refractivity contribution in [3.8, 4) is 0 Å². The normalized spacial score (nSPS) is 31.7. The van der Waals surface area contributed by atoms with Crippen LogP contribution in [0.2, 0.25) is 0 Å². The molecular formula is C25H30N2O3. The Morgan fingerprint density at radius 3 is 2.30 bits per heavy atom. The summed E-state index contributed by atoms with van der Waals surface area (Å²) in [5.74, 6) is 1.18. The number of ketones is 1. The molecule has 0 spiro atoms. The number of nitrogens with one attached hydrogen (secondary N) is 1. The summed E-state index contributed by atoms with van der Waals surface area (Å²) < 4.78 is 1.85. The van der Waals surface area contributed by atoms with Gasteiger partial charge in [-0.25, -0.2) is 0 Å². The fourth-order valence-corrected chi connectivity index (χ4v) is 6.80. The molecule has 4 bridgehead atoms. The molecule has 4 saturated carbocycles. The van der Waals surface area contributed by atoms with E-state index in [1.165, 1.54) is 0 Å². The zero-order chi connectivity index (χ0) is 21.2. The third kappa shape index (κ3) is 2.94. The average molecular weight is 407 g/mol. The molecular weight excluding hydrogens is 376 g/mol. The topological polar surface area (TPSA) is 71.3 Å². The number of aliphatic hydroxyl groups is 1. The van der Waals surface area contributed by atoms with Crippen molar-refractivity contribution in [1.82, 2.24) is 9.88 Å². The summed E-state index contributed by atoms with van der Waals surface area (Å²) in [4.78, 5) is 26.5. The maximum Gasteiger partial charge on any atom is 0.268 e. The van der Waals surface area contributed by atoms with Crippen LogP contribution in [0, 0.1) is 31.6 Å². The number of carbonyl (C=O) groups excluding carboxylic acids is 2. The molecule has 2 aromatic rings. The first-order valence-electron chi connectivity index (χ1n) is 11.1. The van der Waals surface area contributed by atoms with Gasteiger partial charge in [0.15, 0.2) is 5.78 Å². The lowest BCUT2D eigenvalue weighted by Gasteiger charge is -2.58. The van der Waals surface area contributed by atoms with Crippen LogP contribution in [-0.4, -0.2) is 33.0 Å². The second-order valence-corrected chi connectivity index (χ2v) is 9.88. The highest BCUT2D eigenvalue weighted by molar-refractivity contribution is 6.12. The Labute approximate surface area is 177 Å². The van der Waals surface area contributed by atoms with Gasteiger partial charge in [0.1, 0.15) is 5.69 Å². The molecule has 2 atom stereocenters. The van der Waals surface area contributed by atoms with Gasteiger partial charge in [-0.2, -0.15) is 0 Å². The van der Waals surface area contributed by atoms with Crippen molar-refractivity contribution in [2.75, 3.05) is 0 Å². The molecule has 1 aromatic carbocycles. The number of hydrogen-bond donors (Lipinski definition) is 2. The SMILES string of the molecule is Cc1c(C(=O)c2ccccc2)c(C)n(C)c1C(=O)N[C@H]1C2CC3CC1C[C@](O)(C3)C2. The summed E-state index contributed by atoms with van der Waals surface area (Å²) in [5, 5.41) is 14.1. The first-order chi connectivity index (χ1) is 14.3. The molecule has 0 aliphatic heterocycles. The highest BCUT2D eigenvalue weighted by Crippen LogP contribution is 2.55. The Kier molecular flexibility index (Phi) is 4.44. The van der Waals surface area contributed by atoms with E-state index in [4.69, 9.17) is 0 Å². The van der Waals surface area contributed by atoms with E-state index >= 15 is 0 Å². The van der Waals surface area contributed by atoms with Gasteiger partial charge in [0.25, 0.3) is 5.91 Å². The van der Waals surface area contributed by atoms with Crippen molar-refractivity contribution in [3.05, 3.63) is 58.4 Å². The molecule has 4 fully saturated rings. The van der Waals surface area contributed by atoms with Crippen molar-refractivity contribution in [1.29, 1.82) is 0 Å². The third-order valence-electron chi connectivity index (χ3n) is 7.95. The fraction of sp³-hybridized carbons (Fsp3) is 0.520. The Balaban J connectivity index is 1.42. The molecule has 1 aromatic heterocycles. The van der Waals surface area contributed by atoms with Crippen LogP contribution in [-0.2, 0) is 7.05 Å². The molecule has 1 amide bonds. The average Bonchev–Trinajstić information content (AvgIpc) is 2.92. The monoisotopic (exact) mass is 406 g/mol. The Morgan fingerprint density at radius 2 is 1.70 bits per heavy atom. The van der Waals surface area contributed by atoms with E-state index in [9.17, 15) is 14.7 Å². The summed E-state index contributed by atoms with van der Waals surface area (Å²) in [5.41, 5.74) is 2.86. The maximum atomic E-state index is 13.4. The molecule has 5 heteroatoms. The van der Waals surface area contributed by atoms with Crippen molar-refractivity contribution < 1.29 is 14.7 Å². The van der Waals surface area contributed by atoms with Crippen LogP contribution in [0.5, 0.6) is 0 Å². The minimum absolute atomic E-state index is 0.0444. The molecule has 4 aliphatic carbocycles. The minimum Gasteiger partial charge on any atom is -0.390 e. The number of rotatable bonds is 4. The zero-order valence-electron chi connectivity index (χ0n) is 17.9. The second-order valence-electron chi connectivity index (χ2n) is 9.88. The van der Waals surface area contributed by atoms with Crippen molar-refractivity contribution in [2.45, 2.75) is 57.6 Å². The largest absolute Gasteiger partial charge is 0.390 e. The van der Waals surface area contributed by atoms with Gasteiger partial charge in [-0.05, 0) is 69.3 Å². The van der Waals surface area contributed by atoms with Gasteiger partial charge in [-0.3, -0.25) is 9.59 Å². The highest BCUT2D eigenvalue weighted by atomic mass is 16.3. The Morgan fingerprint density at radius 1 is 1.07 bits per heavy atom. The van der Waals surface area contributed by atoms with E-state index in [-0.39, 0.29) is 17.7 Å². The predicted molar refractivity (Wildman–Crippen MR) is 115 cm³/mol. The van der Waals surface area contributed by atoms with Gasteiger partial charge in [0.05, 0.1) is 5.60 Å². The summed E-state index contributed by atoms with van der Waals surface area (Å²) in [7, 11) is 1.86. The minimum atomic E-state index is -0.509. The maximum absolute atomic E-state index is 13.4. The van der Waals surface area contributed by atoms with E-state index in [1.807, 2.05) is 55.8 Å². The quantitative estimate of drug-likeness (QED) is 0.763. The van der Waals surface area contributed by atoms with E-state index < -0.39 is 5.60 Å². The van der Waals surface area contributed by atoms with Crippen molar-refractivity contribution in [2.24, 2.45) is 24.8 Å². The van der Waals surface area contributed by atoms with Gasteiger partial charge in [-0.15, -0.1) is 0 Å². The molecule has 6 rings (SSSR count). The van der Waals surface area contributed by atoms with Gasteiger partial charge >= 0.3 is 0 Å². The van der Waals surface area contributed by atoms with Gasteiger partial charge in [0.2, 0.25) is 0 Å². The molecule has 0 radical (unpaired) electrons. The first kappa shape index (κ1) is 19.6. The van der Waals surface area contributed by atoms with Crippen LogP contribution in [0.15, 0.2) is 30.3 Å². The summed E-state index contributed by atoms with van der Waals surface area (Å²) in [6, 6.07) is 9.35.